The van der Waals surface area contributed by atoms with Crippen LogP contribution in [0, 0.1) is 12.7 Å². The number of fused-ring (bicyclic) bond motifs is 3. The zero-order valence-electron chi connectivity index (χ0n) is 20.1. The third-order valence-electron chi connectivity index (χ3n) is 6.92. The van der Waals surface area contributed by atoms with E-state index in [9.17, 15) is 13.9 Å². The first-order valence-corrected chi connectivity index (χ1v) is 12.1. The molecule has 1 aliphatic heterocycles. The number of aromatic nitrogens is 2. The summed E-state index contributed by atoms with van der Waals surface area (Å²) in [5.74, 6) is -2.97. The van der Waals surface area contributed by atoms with Crippen molar-refractivity contribution in [1.82, 2.24) is 9.97 Å². The Bertz CT molecular complexity index is 1360. The number of rotatable bonds is 6. The second kappa shape index (κ2) is 9.37. The largest absolute Gasteiger partial charge is 0.492 e. The molecule has 0 radical (unpaired) electrons. The van der Waals surface area contributed by atoms with Crippen LogP contribution in [-0.4, -0.2) is 39.5 Å². The number of hydrogen-bond donors (Lipinski definition) is 3. The number of aryl methyl sites for hydroxylation is 1. The molecule has 0 fully saturated rings. The topological polar surface area (TPSA) is 87.5 Å². The van der Waals surface area contributed by atoms with E-state index in [1.807, 2.05) is 12.1 Å². The van der Waals surface area contributed by atoms with Gasteiger partial charge in [-0.3, -0.25) is 0 Å². The number of aliphatic hydroxyl groups excluding tert-OH is 2. The van der Waals surface area contributed by atoms with Gasteiger partial charge in [0.1, 0.15) is 29.8 Å². The van der Waals surface area contributed by atoms with Crippen molar-refractivity contribution in [2.45, 2.75) is 57.6 Å². The van der Waals surface area contributed by atoms with Crippen molar-refractivity contribution in [1.29, 1.82) is 0 Å². The molecule has 5 rings (SSSR count). The molecule has 1 aromatic heterocycles. The second-order valence-corrected chi connectivity index (χ2v) is 9.44. The predicted octanol–water partition coefficient (Wildman–Crippen LogP) is 5.20. The lowest BCUT2D eigenvalue weighted by Gasteiger charge is -2.22. The summed E-state index contributed by atoms with van der Waals surface area (Å²) in [6.45, 7) is 2.49. The van der Waals surface area contributed by atoms with Gasteiger partial charge < -0.3 is 20.3 Å². The minimum atomic E-state index is -3.69. The van der Waals surface area contributed by atoms with E-state index in [4.69, 9.17) is 9.84 Å². The van der Waals surface area contributed by atoms with Crippen LogP contribution in [0.3, 0.4) is 0 Å². The number of nitrogens with zero attached hydrogens (tertiary/aromatic N) is 2. The lowest BCUT2D eigenvalue weighted by Crippen LogP contribution is -2.22. The fourth-order valence-corrected chi connectivity index (χ4v) is 5.03. The molecule has 0 bridgehead atoms. The van der Waals surface area contributed by atoms with Gasteiger partial charge in [-0.1, -0.05) is 18.2 Å². The molecule has 3 aromatic rings. The van der Waals surface area contributed by atoms with Crippen molar-refractivity contribution >= 4 is 22.3 Å². The molecule has 1 unspecified atom stereocenters. The van der Waals surface area contributed by atoms with Crippen LogP contribution in [0.25, 0.3) is 16.5 Å². The molecule has 0 saturated carbocycles. The van der Waals surface area contributed by atoms with Gasteiger partial charge in [0, 0.05) is 28.5 Å². The number of allylic oxidation sites excluding steroid dienone is 1. The van der Waals surface area contributed by atoms with Gasteiger partial charge in [0.2, 0.25) is 0 Å². The number of ether oxygens (including phenoxy) is 1. The third-order valence-corrected chi connectivity index (χ3v) is 6.92. The van der Waals surface area contributed by atoms with Gasteiger partial charge in [0.15, 0.2) is 0 Å². The number of halogens is 3. The fourth-order valence-electron chi connectivity index (χ4n) is 5.03. The molecule has 2 heterocycles. The fraction of sp³-hybridized carbons (Fsp3) is 0.407. The van der Waals surface area contributed by atoms with Crippen LogP contribution >= 0.6 is 0 Å². The summed E-state index contributed by atoms with van der Waals surface area (Å²) in [7, 11) is 0. The van der Waals surface area contributed by atoms with Gasteiger partial charge in [-0.15, -0.1) is 0 Å². The van der Waals surface area contributed by atoms with Crippen molar-refractivity contribution in [3.63, 3.8) is 0 Å². The van der Waals surface area contributed by atoms with Crippen molar-refractivity contribution in [3.8, 4) is 5.75 Å². The maximum absolute atomic E-state index is 15.1. The summed E-state index contributed by atoms with van der Waals surface area (Å²) >= 11 is 0. The molecule has 2 atom stereocenters. The molecule has 9 heteroatoms. The van der Waals surface area contributed by atoms with Gasteiger partial charge in [-0.05, 0) is 50.8 Å². The van der Waals surface area contributed by atoms with Crippen LogP contribution in [0.4, 0.5) is 19.0 Å². The van der Waals surface area contributed by atoms with Gasteiger partial charge in [0.25, 0.3) is 5.92 Å². The molecular weight excluding hydrogens is 471 g/mol. The van der Waals surface area contributed by atoms with Crippen LogP contribution in [0.2, 0.25) is 0 Å². The molecule has 3 N–H and O–H groups in total. The lowest BCUT2D eigenvalue weighted by atomic mass is 9.89. The number of anilines is 1. The number of aliphatic hydroxyl groups is 2. The average molecular weight is 500 g/mol. The van der Waals surface area contributed by atoms with E-state index < -0.39 is 30.0 Å². The number of hydrogen-bond acceptors (Lipinski definition) is 6. The van der Waals surface area contributed by atoms with E-state index in [1.54, 1.807) is 13.8 Å². The molecule has 36 heavy (non-hydrogen) atoms. The lowest BCUT2D eigenvalue weighted by molar-refractivity contribution is -0.0583. The van der Waals surface area contributed by atoms with E-state index in [-0.39, 0.29) is 11.7 Å². The average Bonchev–Trinajstić information content (AvgIpc) is 3.35. The SMILES string of the molecule is Cc1nc(N[C@H](C)c2cccc(C(F)(F)CO)c2F)c2cc(C3=CCC(O)CC3)c3c(c2n1)CCO3. The Labute approximate surface area is 206 Å². The van der Waals surface area contributed by atoms with Gasteiger partial charge in [-0.2, -0.15) is 8.78 Å². The standard InChI is InChI=1S/C27H28F3N3O3/c1-14(18-4-3-5-22(23(18)28)27(29,30)13-34)31-26-21-12-20(16-6-8-17(35)9-7-16)25-19(10-11-36-25)24(21)32-15(2)33-26/h3-6,12,14,17,34-35H,7-11,13H2,1-2H3,(H,31,32,33)/t14-,17?/m1/s1. The predicted molar refractivity (Wildman–Crippen MR) is 131 cm³/mol. The smallest absolute Gasteiger partial charge is 0.298 e. The molecule has 190 valence electrons. The molecule has 1 aliphatic carbocycles. The van der Waals surface area contributed by atoms with E-state index >= 15 is 4.39 Å². The minimum absolute atomic E-state index is 0.0405. The van der Waals surface area contributed by atoms with E-state index in [1.165, 1.54) is 12.1 Å². The Balaban J connectivity index is 1.60. The summed E-state index contributed by atoms with van der Waals surface area (Å²) in [6.07, 6.45) is 4.32. The maximum Gasteiger partial charge on any atom is 0.298 e. The molecule has 2 aliphatic rings. The highest BCUT2D eigenvalue weighted by atomic mass is 19.3. The quantitative estimate of drug-likeness (QED) is 0.432. The van der Waals surface area contributed by atoms with E-state index in [0.717, 1.165) is 39.4 Å². The Morgan fingerprint density at radius 3 is 2.78 bits per heavy atom. The zero-order valence-corrected chi connectivity index (χ0v) is 20.1. The monoisotopic (exact) mass is 499 g/mol. The maximum atomic E-state index is 15.1. The number of nitrogens with one attached hydrogen (secondary N) is 1. The van der Waals surface area contributed by atoms with E-state index in [2.05, 4.69) is 15.3 Å². The van der Waals surface area contributed by atoms with Crippen LogP contribution in [0.1, 0.15) is 60.3 Å². The second-order valence-electron chi connectivity index (χ2n) is 9.44. The highest BCUT2D eigenvalue weighted by Gasteiger charge is 2.35. The summed E-state index contributed by atoms with van der Waals surface area (Å²) in [6, 6.07) is 5.04. The summed E-state index contributed by atoms with van der Waals surface area (Å²) in [4.78, 5) is 9.24. The first-order chi connectivity index (χ1) is 17.2. The summed E-state index contributed by atoms with van der Waals surface area (Å²) in [5.41, 5.74) is 2.94. The molecule has 0 amide bonds. The third kappa shape index (κ3) is 4.30. The van der Waals surface area contributed by atoms with Gasteiger partial charge in [-0.25, -0.2) is 14.4 Å². The zero-order chi connectivity index (χ0) is 25.6. The van der Waals surface area contributed by atoms with Crippen molar-refractivity contribution < 1.29 is 28.1 Å². The highest BCUT2D eigenvalue weighted by Crippen LogP contribution is 2.43. The van der Waals surface area contributed by atoms with Crippen molar-refractivity contribution in [2.75, 3.05) is 18.5 Å². The van der Waals surface area contributed by atoms with Crippen molar-refractivity contribution in [2.24, 2.45) is 0 Å². The Kier molecular flexibility index (Phi) is 6.38. The normalized spacial score (nSPS) is 18.5. The van der Waals surface area contributed by atoms with Crippen LogP contribution in [-0.2, 0) is 12.3 Å². The van der Waals surface area contributed by atoms with Gasteiger partial charge in [0.05, 0.1) is 29.8 Å². The Morgan fingerprint density at radius 2 is 2.06 bits per heavy atom. The molecule has 6 nitrogen and oxygen atoms in total. The number of benzene rings is 2. The van der Waals surface area contributed by atoms with E-state index in [0.29, 0.717) is 43.9 Å². The molecular formula is C27H28F3N3O3. The van der Waals surface area contributed by atoms with Crippen molar-refractivity contribution in [3.05, 3.63) is 64.2 Å². The highest BCUT2D eigenvalue weighted by molar-refractivity contribution is 5.97. The molecule has 0 spiro atoms. The first kappa shape index (κ1) is 24.5. The Hall–Kier alpha value is -3.17. The summed E-state index contributed by atoms with van der Waals surface area (Å²) < 4.78 is 49.3. The minimum Gasteiger partial charge on any atom is -0.492 e. The molecule has 0 saturated heterocycles. The van der Waals surface area contributed by atoms with Crippen LogP contribution < -0.4 is 10.1 Å². The van der Waals surface area contributed by atoms with Crippen LogP contribution in [0.5, 0.6) is 5.75 Å². The summed E-state index contributed by atoms with van der Waals surface area (Å²) in [5, 5.41) is 22.9. The number of alkyl halides is 2. The first-order valence-electron chi connectivity index (χ1n) is 12.1. The molecule has 2 aromatic carbocycles. The van der Waals surface area contributed by atoms with Crippen LogP contribution in [0.15, 0.2) is 30.3 Å². The Morgan fingerprint density at radius 1 is 1.25 bits per heavy atom. The van der Waals surface area contributed by atoms with Gasteiger partial charge >= 0.3 is 0 Å².